The van der Waals surface area contributed by atoms with Gasteiger partial charge in [0.15, 0.2) is 11.5 Å². The summed E-state index contributed by atoms with van der Waals surface area (Å²) in [7, 11) is 0. The van der Waals surface area contributed by atoms with Crippen molar-refractivity contribution < 1.29 is 4.42 Å². The Labute approximate surface area is 143 Å². The van der Waals surface area contributed by atoms with Gasteiger partial charge >= 0.3 is 0 Å². The monoisotopic (exact) mass is 333 g/mol. The number of aromatic nitrogens is 6. The third-order valence-corrected chi connectivity index (χ3v) is 3.70. The minimum atomic E-state index is 0.230. The first-order chi connectivity index (χ1) is 12.2. The van der Waals surface area contributed by atoms with Crippen molar-refractivity contribution in [3.63, 3.8) is 0 Å². The highest BCUT2D eigenvalue weighted by atomic mass is 16.4. The van der Waals surface area contributed by atoms with Crippen molar-refractivity contribution in [1.29, 1.82) is 0 Å². The Morgan fingerprint density at radius 2 is 1.84 bits per heavy atom. The lowest BCUT2D eigenvalue weighted by Gasteiger charge is -2.02. The maximum absolute atomic E-state index is 5.96. The number of aryl methyl sites for hydroxylation is 1. The van der Waals surface area contributed by atoms with Gasteiger partial charge in [-0.05, 0) is 19.1 Å². The Morgan fingerprint density at radius 1 is 1.04 bits per heavy atom. The lowest BCUT2D eigenvalue weighted by molar-refractivity contribution is 0.582. The number of hydrogen-bond donors (Lipinski definition) is 1. The van der Waals surface area contributed by atoms with Gasteiger partial charge in [-0.1, -0.05) is 18.2 Å². The van der Waals surface area contributed by atoms with Crippen LogP contribution in [0.4, 0.5) is 5.82 Å². The summed E-state index contributed by atoms with van der Waals surface area (Å²) < 4.78 is 7.54. The largest absolute Gasteiger partial charge is 0.414 e. The lowest BCUT2D eigenvalue weighted by Crippen LogP contribution is -1.99. The molecule has 0 spiro atoms. The number of benzene rings is 1. The van der Waals surface area contributed by atoms with E-state index >= 15 is 0 Å². The summed E-state index contributed by atoms with van der Waals surface area (Å²) >= 11 is 0. The van der Waals surface area contributed by atoms with Gasteiger partial charge in [-0.2, -0.15) is 5.10 Å². The molecule has 0 fully saturated rings. The highest BCUT2D eigenvalue weighted by molar-refractivity contribution is 5.68. The van der Waals surface area contributed by atoms with E-state index in [1.165, 1.54) is 0 Å². The molecule has 0 aliphatic heterocycles. The fraction of sp³-hybridized carbons (Fsp3) is 0.118. The van der Waals surface area contributed by atoms with Crippen molar-refractivity contribution in [1.82, 2.24) is 29.9 Å². The molecule has 0 saturated carbocycles. The highest BCUT2D eigenvalue weighted by Gasteiger charge is 2.17. The third-order valence-electron chi connectivity index (χ3n) is 3.70. The SMILES string of the molecule is CCn1cc(-c2cnc(N)c(-c3nnc(-c4ccccc4)o3)n2)cn1. The molecule has 0 aliphatic carbocycles. The van der Waals surface area contributed by atoms with Crippen LogP contribution in [0.3, 0.4) is 0 Å². The van der Waals surface area contributed by atoms with Gasteiger partial charge in [-0.3, -0.25) is 4.68 Å². The van der Waals surface area contributed by atoms with E-state index in [9.17, 15) is 0 Å². The van der Waals surface area contributed by atoms with Crippen LogP contribution < -0.4 is 5.73 Å². The van der Waals surface area contributed by atoms with Crippen LogP contribution >= 0.6 is 0 Å². The van der Waals surface area contributed by atoms with Gasteiger partial charge in [0.05, 0.1) is 18.1 Å². The summed E-state index contributed by atoms with van der Waals surface area (Å²) in [5, 5.41) is 12.4. The van der Waals surface area contributed by atoms with Crippen molar-refractivity contribution in [2.45, 2.75) is 13.5 Å². The van der Waals surface area contributed by atoms with E-state index in [-0.39, 0.29) is 11.7 Å². The predicted molar refractivity (Wildman–Crippen MR) is 92.1 cm³/mol. The first-order valence-corrected chi connectivity index (χ1v) is 7.79. The number of nitrogens with zero attached hydrogens (tertiary/aromatic N) is 6. The summed E-state index contributed by atoms with van der Waals surface area (Å²) in [5.41, 5.74) is 8.63. The minimum Gasteiger partial charge on any atom is -0.414 e. The Kier molecular flexibility index (Phi) is 3.70. The smallest absolute Gasteiger partial charge is 0.270 e. The van der Waals surface area contributed by atoms with Crippen molar-refractivity contribution in [2.75, 3.05) is 5.73 Å². The molecule has 4 rings (SSSR count). The molecule has 124 valence electrons. The van der Waals surface area contributed by atoms with Crippen molar-refractivity contribution in [2.24, 2.45) is 0 Å². The van der Waals surface area contributed by atoms with Crippen LogP contribution in [0.15, 0.2) is 53.3 Å². The Balaban J connectivity index is 1.73. The Hall–Kier alpha value is -3.55. The van der Waals surface area contributed by atoms with Crippen molar-refractivity contribution in [3.8, 4) is 34.3 Å². The molecule has 0 amide bonds. The van der Waals surface area contributed by atoms with E-state index in [1.54, 1.807) is 12.4 Å². The molecule has 8 nitrogen and oxygen atoms in total. The van der Waals surface area contributed by atoms with Crippen LogP contribution in [0.5, 0.6) is 0 Å². The van der Waals surface area contributed by atoms with Crippen molar-refractivity contribution >= 4 is 5.82 Å². The molecule has 25 heavy (non-hydrogen) atoms. The second-order valence-electron chi connectivity index (χ2n) is 5.35. The van der Waals surface area contributed by atoms with Gasteiger partial charge in [-0.25, -0.2) is 9.97 Å². The highest BCUT2D eigenvalue weighted by Crippen LogP contribution is 2.27. The van der Waals surface area contributed by atoms with Crippen molar-refractivity contribution in [3.05, 3.63) is 48.9 Å². The molecular weight excluding hydrogens is 318 g/mol. The molecule has 0 bridgehead atoms. The molecule has 0 saturated heterocycles. The molecular formula is C17H15N7O. The maximum atomic E-state index is 5.96. The summed E-state index contributed by atoms with van der Waals surface area (Å²) in [6.07, 6.45) is 5.23. The van der Waals surface area contributed by atoms with Crippen LogP contribution in [0, 0.1) is 0 Å². The van der Waals surface area contributed by atoms with E-state index in [1.807, 2.05) is 48.1 Å². The zero-order valence-corrected chi connectivity index (χ0v) is 13.5. The van der Waals surface area contributed by atoms with Crippen LogP contribution in [0.25, 0.3) is 34.3 Å². The summed E-state index contributed by atoms with van der Waals surface area (Å²) in [6.45, 7) is 2.79. The normalized spacial score (nSPS) is 10.9. The van der Waals surface area contributed by atoms with E-state index in [0.717, 1.165) is 17.7 Å². The Morgan fingerprint density at radius 3 is 2.60 bits per heavy atom. The van der Waals surface area contributed by atoms with Gasteiger partial charge in [-0.15, -0.1) is 10.2 Å². The van der Waals surface area contributed by atoms with E-state index in [2.05, 4.69) is 25.3 Å². The van der Waals surface area contributed by atoms with Crippen LogP contribution in [0.1, 0.15) is 6.92 Å². The molecule has 0 atom stereocenters. The maximum Gasteiger partial charge on any atom is 0.270 e. The number of anilines is 1. The number of hydrogen-bond acceptors (Lipinski definition) is 7. The summed E-state index contributed by atoms with van der Waals surface area (Å²) in [6, 6.07) is 9.51. The fourth-order valence-corrected chi connectivity index (χ4v) is 2.38. The van der Waals surface area contributed by atoms with Gasteiger partial charge < -0.3 is 10.2 Å². The first kappa shape index (κ1) is 15.0. The minimum absolute atomic E-state index is 0.230. The van der Waals surface area contributed by atoms with E-state index in [0.29, 0.717) is 17.3 Å². The fourth-order valence-electron chi connectivity index (χ4n) is 2.38. The van der Waals surface area contributed by atoms with Gasteiger partial charge in [0.1, 0.15) is 0 Å². The van der Waals surface area contributed by atoms with Gasteiger partial charge in [0.2, 0.25) is 5.89 Å². The molecule has 0 aliphatic rings. The second-order valence-corrected chi connectivity index (χ2v) is 5.35. The number of nitrogens with two attached hydrogens (primary N) is 1. The summed E-state index contributed by atoms with van der Waals surface area (Å²) in [4.78, 5) is 8.73. The predicted octanol–water partition coefficient (Wildman–Crippen LogP) is 2.66. The number of nitrogen functional groups attached to an aromatic ring is 1. The molecule has 0 radical (unpaired) electrons. The molecule has 3 heterocycles. The first-order valence-electron chi connectivity index (χ1n) is 7.79. The lowest BCUT2D eigenvalue weighted by atomic mass is 10.2. The van der Waals surface area contributed by atoms with Crippen LogP contribution in [0.2, 0.25) is 0 Å². The van der Waals surface area contributed by atoms with Crippen LogP contribution in [-0.2, 0) is 6.54 Å². The quantitative estimate of drug-likeness (QED) is 0.611. The van der Waals surface area contributed by atoms with E-state index < -0.39 is 0 Å². The second kappa shape index (κ2) is 6.16. The van der Waals surface area contributed by atoms with E-state index in [4.69, 9.17) is 10.2 Å². The zero-order valence-electron chi connectivity index (χ0n) is 13.5. The summed E-state index contributed by atoms with van der Waals surface area (Å²) in [5.74, 6) is 0.865. The Bertz CT molecular complexity index is 1010. The molecule has 4 aromatic rings. The molecule has 2 N–H and O–H groups in total. The molecule has 3 aromatic heterocycles. The zero-order chi connectivity index (χ0) is 17.2. The molecule has 8 heteroatoms. The third kappa shape index (κ3) is 2.85. The molecule has 1 aromatic carbocycles. The molecule has 0 unspecified atom stereocenters. The topological polar surface area (TPSA) is 109 Å². The number of rotatable bonds is 4. The average molecular weight is 333 g/mol. The standard InChI is InChI=1S/C17H15N7O/c1-2-24-10-12(8-20-24)13-9-19-15(18)14(21-13)17-23-22-16(25-17)11-6-4-3-5-7-11/h3-10H,2H2,1H3,(H2,18,19). The average Bonchev–Trinajstić information content (AvgIpc) is 3.32. The van der Waals surface area contributed by atoms with Gasteiger partial charge in [0, 0.05) is 23.9 Å². The van der Waals surface area contributed by atoms with Crippen LogP contribution in [-0.4, -0.2) is 29.9 Å². The van der Waals surface area contributed by atoms with Gasteiger partial charge in [0.25, 0.3) is 5.89 Å².